The van der Waals surface area contributed by atoms with Crippen LogP contribution in [0.4, 0.5) is 23.5 Å². The third kappa shape index (κ3) is 4.56. The molecule has 8 nitrogen and oxygen atoms in total. The molecule has 0 bridgehead atoms. The molecule has 1 aromatic heterocycles. The van der Waals surface area contributed by atoms with E-state index in [1.165, 1.54) is 42.7 Å². The van der Waals surface area contributed by atoms with E-state index in [1.807, 2.05) is 0 Å². The predicted octanol–water partition coefficient (Wildman–Crippen LogP) is 3.01. The molecule has 4 rings (SSSR count). The lowest BCUT2D eigenvalue weighted by Crippen LogP contribution is -2.56. The van der Waals surface area contributed by atoms with Gasteiger partial charge in [-0.2, -0.15) is 17.5 Å². The highest BCUT2D eigenvalue weighted by Crippen LogP contribution is 2.34. The van der Waals surface area contributed by atoms with Crippen LogP contribution in [0.15, 0.2) is 59.8 Å². The van der Waals surface area contributed by atoms with E-state index >= 15 is 0 Å². The minimum atomic E-state index is -5.17. The van der Waals surface area contributed by atoms with E-state index in [0.717, 1.165) is 10.4 Å². The molecule has 178 valence electrons. The first-order chi connectivity index (χ1) is 16.0. The Labute approximate surface area is 191 Å². The number of ether oxygens (including phenoxy) is 1. The third-order valence-corrected chi connectivity index (χ3v) is 6.98. The van der Waals surface area contributed by atoms with Crippen LogP contribution in [-0.4, -0.2) is 54.0 Å². The van der Waals surface area contributed by atoms with Gasteiger partial charge >= 0.3 is 12.1 Å². The number of halogens is 4. The van der Waals surface area contributed by atoms with Crippen molar-refractivity contribution >= 4 is 21.9 Å². The van der Waals surface area contributed by atoms with E-state index in [-0.39, 0.29) is 27.5 Å². The van der Waals surface area contributed by atoms with Gasteiger partial charge in [-0.3, -0.25) is 0 Å². The molecule has 2 aromatic carbocycles. The zero-order chi connectivity index (χ0) is 24.7. The van der Waals surface area contributed by atoms with Crippen LogP contribution in [0.2, 0.25) is 0 Å². The molecule has 0 spiro atoms. The van der Waals surface area contributed by atoms with E-state index in [2.05, 4.69) is 14.7 Å². The van der Waals surface area contributed by atoms with Gasteiger partial charge in [0.2, 0.25) is 16.0 Å². The van der Waals surface area contributed by atoms with Crippen molar-refractivity contribution in [3.63, 3.8) is 0 Å². The Kier molecular flexibility index (Phi) is 6.00. The molecular weight excluding hydrogens is 480 g/mol. The molecule has 0 aliphatic carbocycles. The van der Waals surface area contributed by atoms with Crippen LogP contribution >= 0.6 is 0 Å². The zero-order valence-electron chi connectivity index (χ0n) is 17.2. The van der Waals surface area contributed by atoms with Gasteiger partial charge in [0.05, 0.1) is 18.0 Å². The second kappa shape index (κ2) is 8.65. The Balaban J connectivity index is 1.58. The molecule has 1 saturated heterocycles. The molecular formula is C21H16F4N4O4S. The van der Waals surface area contributed by atoms with Gasteiger partial charge in [-0.1, -0.05) is 30.3 Å². The SMILES string of the molecule is Nc1ncc(-c2ccc(-c3ccccc3S(=O)(=O)N3CC(OC(=O)C(F)(F)F)C3)cc2F)cn1. The standard InChI is InChI=1S/C21H16F4N4O4S/c22-17-7-12(5-6-15(17)13-8-27-20(26)28-9-13)16-3-1-2-4-18(16)34(31,32)29-10-14(11-29)33-19(30)21(23,24)25/h1-9,14H,10-11H2,(H2,26,27,28). The fourth-order valence-electron chi connectivity index (χ4n) is 3.35. The summed E-state index contributed by atoms with van der Waals surface area (Å²) >= 11 is 0. The normalized spacial score (nSPS) is 15.1. The molecule has 0 atom stereocenters. The lowest BCUT2D eigenvalue weighted by Gasteiger charge is -2.37. The second-order valence-electron chi connectivity index (χ2n) is 7.37. The molecule has 2 N–H and O–H groups in total. The summed E-state index contributed by atoms with van der Waals surface area (Å²) in [5.41, 5.74) is 6.45. The van der Waals surface area contributed by atoms with Crippen LogP contribution in [0, 0.1) is 5.82 Å². The Morgan fingerprint density at radius 1 is 1.03 bits per heavy atom. The van der Waals surface area contributed by atoms with Gasteiger partial charge in [0.1, 0.15) is 11.9 Å². The van der Waals surface area contributed by atoms with Crippen LogP contribution in [0.1, 0.15) is 0 Å². The summed E-state index contributed by atoms with van der Waals surface area (Å²) in [6, 6.07) is 9.94. The van der Waals surface area contributed by atoms with Crippen molar-refractivity contribution in [3.05, 3.63) is 60.7 Å². The molecule has 2 heterocycles. The monoisotopic (exact) mass is 496 g/mol. The van der Waals surface area contributed by atoms with Crippen LogP contribution in [0.25, 0.3) is 22.3 Å². The van der Waals surface area contributed by atoms with Gasteiger partial charge in [0.25, 0.3) is 0 Å². The van der Waals surface area contributed by atoms with E-state index < -0.39 is 47.2 Å². The van der Waals surface area contributed by atoms with Crippen LogP contribution in [-0.2, 0) is 19.6 Å². The summed E-state index contributed by atoms with van der Waals surface area (Å²) in [4.78, 5) is 18.4. The molecule has 0 saturated carbocycles. The summed E-state index contributed by atoms with van der Waals surface area (Å²) < 4.78 is 83.2. The Bertz CT molecular complexity index is 1340. The molecule has 1 aliphatic rings. The van der Waals surface area contributed by atoms with Gasteiger partial charge in [-0.25, -0.2) is 27.6 Å². The number of sulfonamides is 1. The summed E-state index contributed by atoms with van der Waals surface area (Å²) in [5, 5.41) is 0. The number of esters is 1. The van der Waals surface area contributed by atoms with Crippen LogP contribution in [0.5, 0.6) is 0 Å². The quantitative estimate of drug-likeness (QED) is 0.427. The number of aromatic nitrogens is 2. The summed E-state index contributed by atoms with van der Waals surface area (Å²) in [7, 11) is -4.16. The van der Waals surface area contributed by atoms with E-state index in [1.54, 1.807) is 6.07 Å². The first kappa shape index (κ1) is 23.6. The number of alkyl halides is 3. The van der Waals surface area contributed by atoms with E-state index in [4.69, 9.17) is 5.73 Å². The number of rotatable bonds is 5. The van der Waals surface area contributed by atoms with Crippen molar-refractivity contribution in [3.8, 4) is 22.3 Å². The molecule has 0 radical (unpaired) electrons. The number of nitrogens with two attached hydrogens (primary N) is 1. The summed E-state index contributed by atoms with van der Waals surface area (Å²) in [5.74, 6) is -3.00. The number of nitrogen functional groups attached to an aromatic ring is 1. The van der Waals surface area contributed by atoms with Crippen molar-refractivity contribution in [1.82, 2.24) is 14.3 Å². The molecule has 13 heteroatoms. The maximum Gasteiger partial charge on any atom is 0.490 e. The molecule has 3 aromatic rings. The summed E-state index contributed by atoms with van der Waals surface area (Å²) in [6.45, 7) is -0.855. The molecule has 1 aliphatic heterocycles. The van der Waals surface area contributed by atoms with Gasteiger partial charge in [0.15, 0.2) is 0 Å². The number of hydrogen-bond acceptors (Lipinski definition) is 7. The lowest BCUT2D eigenvalue weighted by atomic mass is 10.0. The van der Waals surface area contributed by atoms with Gasteiger partial charge in [-0.05, 0) is 17.7 Å². The average Bonchev–Trinajstić information content (AvgIpc) is 2.75. The maximum atomic E-state index is 14.9. The number of benzene rings is 2. The fraction of sp³-hybridized carbons (Fsp3) is 0.190. The Morgan fingerprint density at radius 2 is 1.68 bits per heavy atom. The Hall–Kier alpha value is -3.58. The largest absolute Gasteiger partial charge is 0.490 e. The predicted molar refractivity (Wildman–Crippen MR) is 112 cm³/mol. The highest BCUT2D eigenvalue weighted by Gasteiger charge is 2.46. The fourth-order valence-corrected chi connectivity index (χ4v) is 5.07. The zero-order valence-corrected chi connectivity index (χ0v) is 18.0. The number of nitrogens with zero attached hydrogens (tertiary/aromatic N) is 3. The maximum absolute atomic E-state index is 14.9. The third-order valence-electron chi connectivity index (χ3n) is 5.09. The minimum absolute atomic E-state index is 0.0290. The second-order valence-corrected chi connectivity index (χ2v) is 9.27. The molecule has 0 amide bonds. The van der Waals surface area contributed by atoms with Crippen LogP contribution < -0.4 is 5.73 Å². The van der Waals surface area contributed by atoms with Crippen molar-refractivity contribution in [2.75, 3.05) is 18.8 Å². The van der Waals surface area contributed by atoms with Gasteiger partial charge in [-0.15, -0.1) is 0 Å². The first-order valence-electron chi connectivity index (χ1n) is 9.71. The smallest absolute Gasteiger partial charge is 0.453 e. The van der Waals surface area contributed by atoms with Crippen molar-refractivity contribution < 1.29 is 35.5 Å². The highest BCUT2D eigenvalue weighted by molar-refractivity contribution is 7.89. The minimum Gasteiger partial charge on any atom is -0.453 e. The molecule has 1 fully saturated rings. The lowest BCUT2D eigenvalue weighted by molar-refractivity contribution is -0.208. The van der Waals surface area contributed by atoms with E-state index in [0.29, 0.717) is 5.56 Å². The van der Waals surface area contributed by atoms with Gasteiger partial charge < -0.3 is 10.5 Å². The number of carbonyl (C=O) groups is 1. The van der Waals surface area contributed by atoms with Gasteiger partial charge in [0, 0.05) is 29.1 Å². The number of hydrogen-bond donors (Lipinski definition) is 1. The first-order valence-corrected chi connectivity index (χ1v) is 11.2. The van der Waals surface area contributed by atoms with E-state index in [9.17, 15) is 30.8 Å². The van der Waals surface area contributed by atoms with Crippen molar-refractivity contribution in [2.45, 2.75) is 17.2 Å². The topological polar surface area (TPSA) is 115 Å². The summed E-state index contributed by atoms with van der Waals surface area (Å²) in [6.07, 6.45) is -3.68. The van der Waals surface area contributed by atoms with Crippen molar-refractivity contribution in [2.24, 2.45) is 0 Å². The highest BCUT2D eigenvalue weighted by atomic mass is 32.2. The number of anilines is 1. The number of carbonyl (C=O) groups excluding carboxylic acids is 1. The molecule has 0 unspecified atom stereocenters. The molecule has 34 heavy (non-hydrogen) atoms. The average molecular weight is 496 g/mol. The van der Waals surface area contributed by atoms with Crippen molar-refractivity contribution in [1.29, 1.82) is 0 Å². The van der Waals surface area contributed by atoms with Crippen LogP contribution in [0.3, 0.4) is 0 Å². The Morgan fingerprint density at radius 3 is 2.29 bits per heavy atom.